The van der Waals surface area contributed by atoms with Crippen LogP contribution in [0.1, 0.15) is 71.9 Å². The van der Waals surface area contributed by atoms with Crippen LogP contribution in [0, 0.1) is 27.7 Å². The van der Waals surface area contributed by atoms with Crippen LogP contribution in [-0.4, -0.2) is 10.2 Å². The lowest BCUT2D eigenvalue weighted by molar-refractivity contribution is 0.472. The van der Waals surface area contributed by atoms with Crippen molar-refractivity contribution in [3.63, 3.8) is 0 Å². The van der Waals surface area contributed by atoms with Crippen LogP contribution in [0.2, 0.25) is 0 Å². The monoisotopic (exact) mass is 356 g/mol. The van der Waals surface area contributed by atoms with Gasteiger partial charge < -0.3 is 21.7 Å². The molecule has 0 amide bonds. The summed E-state index contributed by atoms with van der Waals surface area (Å²) in [4.78, 5) is 0. The standard InChI is InChI=1S/C22H32N2O2/c1-6-7-8-9-16(17-10-12(2)21(25)19(23)14(17)4)18-11-13(3)22(26)20(24)15(18)5/h10-11,16,25-26H,6-9,23-24H2,1-5H3. The van der Waals surface area contributed by atoms with E-state index < -0.39 is 0 Å². The lowest BCUT2D eigenvalue weighted by atomic mass is 9.80. The highest BCUT2D eigenvalue weighted by Gasteiger charge is 2.23. The van der Waals surface area contributed by atoms with Gasteiger partial charge in [-0.15, -0.1) is 0 Å². The van der Waals surface area contributed by atoms with Crippen LogP contribution in [-0.2, 0) is 0 Å². The molecule has 2 aromatic carbocycles. The Kier molecular flexibility index (Phi) is 6.06. The van der Waals surface area contributed by atoms with E-state index in [4.69, 9.17) is 11.5 Å². The van der Waals surface area contributed by atoms with E-state index in [1.807, 2.05) is 39.8 Å². The number of aryl methyl sites for hydroxylation is 2. The van der Waals surface area contributed by atoms with Crippen LogP contribution in [0.5, 0.6) is 11.5 Å². The minimum Gasteiger partial charge on any atom is -0.506 e. The van der Waals surface area contributed by atoms with Crippen molar-refractivity contribution in [2.24, 2.45) is 0 Å². The molecule has 4 nitrogen and oxygen atoms in total. The van der Waals surface area contributed by atoms with Crippen molar-refractivity contribution in [1.29, 1.82) is 0 Å². The first kappa shape index (κ1) is 20.0. The van der Waals surface area contributed by atoms with Crippen molar-refractivity contribution in [2.75, 3.05) is 11.5 Å². The van der Waals surface area contributed by atoms with Gasteiger partial charge in [0.05, 0.1) is 11.4 Å². The van der Waals surface area contributed by atoms with Gasteiger partial charge in [-0.2, -0.15) is 0 Å². The average molecular weight is 357 g/mol. The third kappa shape index (κ3) is 3.59. The molecular formula is C22H32N2O2. The van der Waals surface area contributed by atoms with E-state index in [0.29, 0.717) is 11.4 Å². The molecule has 0 unspecified atom stereocenters. The number of unbranched alkanes of at least 4 members (excludes halogenated alkanes) is 2. The first-order chi connectivity index (χ1) is 12.2. The van der Waals surface area contributed by atoms with E-state index >= 15 is 0 Å². The van der Waals surface area contributed by atoms with Crippen LogP contribution < -0.4 is 11.5 Å². The number of hydrogen-bond acceptors (Lipinski definition) is 4. The summed E-state index contributed by atoms with van der Waals surface area (Å²) in [5.74, 6) is 0.457. The van der Waals surface area contributed by atoms with E-state index in [0.717, 1.165) is 59.1 Å². The second-order valence-corrected chi connectivity index (χ2v) is 7.39. The molecule has 142 valence electrons. The number of phenolic OH excluding ortho intramolecular Hbond substituents is 2. The molecule has 0 aliphatic carbocycles. The zero-order valence-electron chi connectivity index (χ0n) is 16.6. The molecule has 0 saturated carbocycles. The fourth-order valence-corrected chi connectivity index (χ4v) is 3.71. The van der Waals surface area contributed by atoms with Gasteiger partial charge in [-0.1, -0.05) is 38.3 Å². The van der Waals surface area contributed by atoms with Crippen LogP contribution in [0.15, 0.2) is 12.1 Å². The average Bonchev–Trinajstić information content (AvgIpc) is 2.62. The highest BCUT2D eigenvalue weighted by Crippen LogP contribution is 2.42. The van der Waals surface area contributed by atoms with Gasteiger partial charge >= 0.3 is 0 Å². The van der Waals surface area contributed by atoms with Crippen LogP contribution >= 0.6 is 0 Å². The maximum Gasteiger partial charge on any atom is 0.141 e. The number of hydrogen-bond donors (Lipinski definition) is 4. The molecule has 0 spiro atoms. The Morgan fingerprint density at radius 2 is 1.23 bits per heavy atom. The summed E-state index contributed by atoms with van der Waals surface area (Å²) in [5, 5.41) is 20.4. The van der Waals surface area contributed by atoms with Gasteiger partial charge in [0.15, 0.2) is 0 Å². The SMILES string of the molecule is CCCCCC(c1cc(C)c(O)c(N)c1C)c1cc(C)c(O)c(N)c1C. The number of benzene rings is 2. The minimum atomic E-state index is 0.129. The number of rotatable bonds is 6. The quantitative estimate of drug-likeness (QED) is 0.325. The molecule has 0 aromatic heterocycles. The summed E-state index contributed by atoms with van der Waals surface area (Å²) >= 11 is 0. The van der Waals surface area contributed by atoms with Crippen molar-refractivity contribution < 1.29 is 10.2 Å². The van der Waals surface area contributed by atoms with Crippen molar-refractivity contribution in [1.82, 2.24) is 0 Å². The summed E-state index contributed by atoms with van der Waals surface area (Å²) in [7, 11) is 0. The molecule has 0 radical (unpaired) electrons. The number of phenols is 2. The largest absolute Gasteiger partial charge is 0.506 e. The van der Waals surface area contributed by atoms with Crippen LogP contribution in [0.4, 0.5) is 11.4 Å². The maximum atomic E-state index is 10.2. The summed E-state index contributed by atoms with van der Waals surface area (Å²) in [6, 6.07) is 4.07. The fraction of sp³-hybridized carbons (Fsp3) is 0.455. The van der Waals surface area contributed by atoms with E-state index in [2.05, 4.69) is 6.92 Å². The molecule has 0 bridgehead atoms. The lowest BCUT2D eigenvalue weighted by Gasteiger charge is -2.25. The topological polar surface area (TPSA) is 92.5 Å². The van der Waals surface area contributed by atoms with Gasteiger partial charge in [-0.25, -0.2) is 0 Å². The van der Waals surface area contributed by atoms with Gasteiger partial charge in [-0.05, 0) is 67.5 Å². The third-order valence-electron chi connectivity index (χ3n) is 5.52. The molecule has 2 rings (SSSR count). The molecule has 4 heteroatoms. The first-order valence-electron chi connectivity index (χ1n) is 9.37. The Hall–Kier alpha value is -2.36. The van der Waals surface area contributed by atoms with Gasteiger partial charge in [0.25, 0.3) is 0 Å². The predicted molar refractivity (Wildman–Crippen MR) is 110 cm³/mol. The van der Waals surface area contributed by atoms with Crippen molar-refractivity contribution in [3.8, 4) is 11.5 Å². The van der Waals surface area contributed by atoms with Gasteiger partial charge in [-0.3, -0.25) is 0 Å². The Morgan fingerprint density at radius 1 is 0.808 bits per heavy atom. The number of nitrogen functional groups attached to an aromatic ring is 2. The highest BCUT2D eigenvalue weighted by atomic mass is 16.3. The summed E-state index contributed by atoms with van der Waals surface area (Å²) < 4.78 is 0. The summed E-state index contributed by atoms with van der Waals surface area (Å²) in [6.07, 6.45) is 4.38. The predicted octanol–water partition coefficient (Wildman–Crippen LogP) is 5.21. The van der Waals surface area contributed by atoms with Gasteiger partial charge in [0, 0.05) is 5.92 Å². The summed E-state index contributed by atoms with van der Waals surface area (Å²) in [6.45, 7) is 9.87. The van der Waals surface area contributed by atoms with Gasteiger partial charge in [0.1, 0.15) is 11.5 Å². The lowest BCUT2D eigenvalue weighted by Crippen LogP contribution is -2.10. The van der Waals surface area contributed by atoms with Crippen molar-refractivity contribution in [3.05, 3.63) is 45.5 Å². The van der Waals surface area contributed by atoms with E-state index in [-0.39, 0.29) is 17.4 Å². The molecule has 0 aliphatic heterocycles. The molecule has 0 fully saturated rings. The maximum absolute atomic E-state index is 10.2. The first-order valence-corrected chi connectivity index (χ1v) is 9.37. The minimum absolute atomic E-state index is 0.129. The normalized spacial score (nSPS) is 11.3. The second kappa shape index (κ2) is 7.90. The Morgan fingerprint density at radius 3 is 1.62 bits per heavy atom. The number of aromatic hydroxyl groups is 2. The molecule has 6 N–H and O–H groups in total. The number of nitrogens with two attached hydrogens (primary N) is 2. The highest BCUT2D eigenvalue weighted by molar-refractivity contribution is 5.68. The third-order valence-corrected chi connectivity index (χ3v) is 5.52. The van der Waals surface area contributed by atoms with Crippen LogP contribution in [0.3, 0.4) is 0 Å². The van der Waals surface area contributed by atoms with E-state index in [1.54, 1.807) is 0 Å². The molecular weight excluding hydrogens is 324 g/mol. The second-order valence-electron chi connectivity index (χ2n) is 7.39. The smallest absolute Gasteiger partial charge is 0.141 e. The Labute approximate surface area is 156 Å². The molecule has 0 heterocycles. The molecule has 0 atom stereocenters. The van der Waals surface area contributed by atoms with Crippen LogP contribution in [0.25, 0.3) is 0 Å². The van der Waals surface area contributed by atoms with Crippen molar-refractivity contribution >= 4 is 11.4 Å². The molecule has 0 saturated heterocycles. The van der Waals surface area contributed by atoms with E-state index in [9.17, 15) is 10.2 Å². The zero-order chi connectivity index (χ0) is 19.6. The number of anilines is 2. The molecule has 26 heavy (non-hydrogen) atoms. The Balaban J connectivity index is 2.67. The van der Waals surface area contributed by atoms with Crippen molar-refractivity contribution in [2.45, 2.75) is 66.2 Å². The summed E-state index contributed by atoms with van der Waals surface area (Å²) in [5.41, 5.74) is 18.9. The van der Waals surface area contributed by atoms with E-state index in [1.165, 1.54) is 0 Å². The molecule has 2 aromatic rings. The Bertz CT molecular complexity index is 749. The fourth-order valence-electron chi connectivity index (χ4n) is 3.71. The zero-order valence-corrected chi connectivity index (χ0v) is 16.6. The molecule has 0 aliphatic rings. The van der Waals surface area contributed by atoms with Gasteiger partial charge in [0.2, 0.25) is 0 Å².